The van der Waals surface area contributed by atoms with Crippen molar-refractivity contribution in [2.75, 3.05) is 11.9 Å². The van der Waals surface area contributed by atoms with Crippen molar-refractivity contribution in [2.45, 2.75) is 32.1 Å². The molecule has 0 aliphatic rings. The molecule has 1 aromatic carbocycles. The number of amides is 1. The van der Waals surface area contributed by atoms with Crippen molar-refractivity contribution in [1.82, 2.24) is 0 Å². The van der Waals surface area contributed by atoms with Gasteiger partial charge in [0, 0.05) is 15.5 Å². The van der Waals surface area contributed by atoms with Crippen molar-refractivity contribution in [2.24, 2.45) is 0 Å². The molecular formula is C18H18N2O3S2. The summed E-state index contributed by atoms with van der Waals surface area (Å²) >= 11 is 2.46. The topological polar surface area (TPSA) is 79.2 Å². The molecular weight excluding hydrogens is 356 g/mol. The number of rotatable bonds is 6. The van der Waals surface area contributed by atoms with Gasteiger partial charge in [-0.05, 0) is 67.4 Å². The summed E-state index contributed by atoms with van der Waals surface area (Å²) in [5.74, 6) is -0.887. The lowest BCUT2D eigenvalue weighted by atomic mass is 10.2. The Labute approximate surface area is 155 Å². The molecule has 2 rings (SSSR count). The lowest BCUT2D eigenvalue weighted by Crippen LogP contribution is -2.21. The normalized spacial score (nSPS) is 10.2. The van der Waals surface area contributed by atoms with Gasteiger partial charge in [-0.2, -0.15) is 5.26 Å². The van der Waals surface area contributed by atoms with Crippen molar-refractivity contribution in [3.05, 3.63) is 45.1 Å². The van der Waals surface area contributed by atoms with Gasteiger partial charge < -0.3 is 10.1 Å². The molecule has 0 atom stereocenters. The summed E-state index contributed by atoms with van der Waals surface area (Å²) in [5.41, 5.74) is 2.53. The summed E-state index contributed by atoms with van der Waals surface area (Å²) in [6, 6.07) is 7.09. The Hall–Kier alpha value is -2.30. The van der Waals surface area contributed by atoms with E-state index in [1.807, 2.05) is 32.2 Å². The molecule has 25 heavy (non-hydrogen) atoms. The Balaban J connectivity index is 1.92. The maximum atomic E-state index is 12.0. The molecule has 0 spiro atoms. The lowest BCUT2D eigenvalue weighted by Gasteiger charge is -2.09. The fraction of sp³-hybridized carbons (Fsp3) is 0.278. The van der Waals surface area contributed by atoms with Crippen molar-refractivity contribution < 1.29 is 14.3 Å². The van der Waals surface area contributed by atoms with E-state index in [-0.39, 0.29) is 6.61 Å². The monoisotopic (exact) mass is 374 g/mol. The minimum atomic E-state index is -0.486. The number of thiocyanates is 1. The number of nitrogens with one attached hydrogen (secondary N) is 1. The van der Waals surface area contributed by atoms with Gasteiger partial charge in [-0.25, -0.2) is 4.79 Å². The fourth-order valence-electron chi connectivity index (χ4n) is 2.25. The summed E-state index contributed by atoms with van der Waals surface area (Å²) in [4.78, 5) is 26.5. The van der Waals surface area contributed by atoms with Gasteiger partial charge in [-0.3, -0.25) is 4.79 Å². The van der Waals surface area contributed by atoms with Crippen LogP contribution in [-0.2, 0) is 16.0 Å². The highest BCUT2D eigenvalue weighted by atomic mass is 32.2. The molecule has 0 bridgehead atoms. The van der Waals surface area contributed by atoms with Gasteiger partial charge in [0.25, 0.3) is 5.91 Å². The highest BCUT2D eigenvalue weighted by molar-refractivity contribution is 8.03. The van der Waals surface area contributed by atoms with E-state index in [9.17, 15) is 9.59 Å². The van der Waals surface area contributed by atoms with E-state index >= 15 is 0 Å². The van der Waals surface area contributed by atoms with Gasteiger partial charge in [0.15, 0.2) is 6.61 Å². The predicted molar refractivity (Wildman–Crippen MR) is 100.0 cm³/mol. The van der Waals surface area contributed by atoms with Crippen LogP contribution in [0.1, 0.15) is 32.6 Å². The first-order valence-corrected chi connectivity index (χ1v) is 9.30. The van der Waals surface area contributed by atoms with E-state index in [1.165, 1.54) is 11.3 Å². The van der Waals surface area contributed by atoms with Gasteiger partial charge in [0.2, 0.25) is 0 Å². The van der Waals surface area contributed by atoms with E-state index < -0.39 is 11.9 Å². The third kappa shape index (κ3) is 5.08. The molecule has 5 nitrogen and oxygen atoms in total. The molecule has 0 unspecified atom stereocenters. The number of hydrogen-bond donors (Lipinski definition) is 1. The van der Waals surface area contributed by atoms with Gasteiger partial charge in [-0.15, -0.1) is 11.3 Å². The smallest absolute Gasteiger partial charge is 0.348 e. The summed E-state index contributed by atoms with van der Waals surface area (Å²) in [5, 5.41) is 13.4. The second-order valence-electron chi connectivity index (χ2n) is 5.36. The molecule has 0 aliphatic carbocycles. The van der Waals surface area contributed by atoms with Gasteiger partial charge in [0.1, 0.15) is 10.3 Å². The Morgan fingerprint density at radius 1 is 1.28 bits per heavy atom. The molecule has 0 fully saturated rings. The first kappa shape index (κ1) is 19.0. The molecule has 130 valence electrons. The second-order valence-corrected chi connectivity index (χ2v) is 7.36. The van der Waals surface area contributed by atoms with E-state index in [0.29, 0.717) is 10.6 Å². The molecule has 1 aromatic heterocycles. The minimum Gasteiger partial charge on any atom is -0.451 e. The Morgan fingerprint density at radius 3 is 2.64 bits per heavy atom. The summed E-state index contributed by atoms with van der Waals surface area (Å²) in [7, 11) is 0. The van der Waals surface area contributed by atoms with Gasteiger partial charge in [0.05, 0.1) is 0 Å². The molecule has 0 aliphatic heterocycles. The zero-order chi connectivity index (χ0) is 18.4. The number of carbonyl (C=O) groups is 2. The van der Waals surface area contributed by atoms with E-state index in [4.69, 9.17) is 10.00 Å². The zero-order valence-electron chi connectivity index (χ0n) is 14.2. The maximum absolute atomic E-state index is 12.0. The van der Waals surface area contributed by atoms with Crippen LogP contribution >= 0.6 is 23.1 Å². The average Bonchev–Trinajstić information content (AvgIpc) is 2.96. The molecule has 0 saturated carbocycles. The molecule has 2 aromatic rings. The van der Waals surface area contributed by atoms with E-state index in [0.717, 1.165) is 39.1 Å². The number of anilines is 1. The predicted octanol–water partition coefficient (Wildman–Crippen LogP) is 4.30. The summed E-state index contributed by atoms with van der Waals surface area (Å²) in [6.07, 6.45) is 0.865. The first-order chi connectivity index (χ1) is 11.9. The standard InChI is InChI=1S/C18H18N2O3S2/c1-4-15-12(3)8-16(25-15)18(22)23-9-17(21)20-14-6-5-13(24-10-19)7-11(14)2/h5-8H,4,9H2,1-3H3,(H,20,21). The quantitative estimate of drug-likeness (QED) is 0.463. The van der Waals surface area contributed by atoms with Crippen LogP contribution in [0.25, 0.3) is 0 Å². The largest absolute Gasteiger partial charge is 0.451 e. The second kappa shape index (κ2) is 8.70. The van der Waals surface area contributed by atoms with Crippen LogP contribution in [0, 0.1) is 24.5 Å². The van der Waals surface area contributed by atoms with Crippen LogP contribution in [0.3, 0.4) is 0 Å². The third-order valence-electron chi connectivity index (χ3n) is 3.51. The molecule has 1 N–H and O–H groups in total. The number of esters is 1. The van der Waals surface area contributed by atoms with Crippen molar-refractivity contribution in [1.29, 1.82) is 5.26 Å². The molecule has 0 radical (unpaired) electrons. The molecule has 1 amide bonds. The van der Waals surface area contributed by atoms with E-state index in [1.54, 1.807) is 18.2 Å². The lowest BCUT2D eigenvalue weighted by molar-refractivity contribution is -0.119. The number of aryl methyl sites for hydroxylation is 3. The highest BCUT2D eigenvalue weighted by Gasteiger charge is 2.15. The SMILES string of the molecule is CCc1sc(C(=O)OCC(=O)Nc2ccc(SC#N)cc2C)cc1C. The fourth-order valence-corrected chi connectivity index (χ4v) is 3.74. The van der Waals surface area contributed by atoms with Crippen molar-refractivity contribution in [3.63, 3.8) is 0 Å². The summed E-state index contributed by atoms with van der Waals surface area (Å²) < 4.78 is 5.09. The molecule has 7 heteroatoms. The first-order valence-electron chi connectivity index (χ1n) is 7.67. The number of benzene rings is 1. The summed E-state index contributed by atoms with van der Waals surface area (Å²) in [6.45, 7) is 5.48. The minimum absolute atomic E-state index is 0.342. The maximum Gasteiger partial charge on any atom is 0.348 e. The van der Waals surface area contributed by atoms with E-state index in [2.05, 4.69) is 5.32 Å². The van der Waals surface area contributed by atoms with Crippen LogP contribution in [-0.4, -0.2) is 18.5 Å². The number of nitrogens with zero attached hydrogens (tertiary/aromatic N) is 1. The van der Waals surface area contributed by atoms with Gasteiger partial charge >= 0.3 is 5.97 Å². The van der Waals surface area contributed by atoms with Gasteiger partial charge in [-0.1, -0.05) is 6.92 Å². The number of hydrogen-bond acceptors (Lipinski definition) is 6. The molecule has 1 heterocycles. The Bertz CT molecular complexity index is 837. The van der Waals surface area contributed by atoms with Crippen LogP contribution in [0.4, 0.5) is 5.69 Å². The highest BCUT2D eigenvalue weighted by Crippen LogP contribution is 2.24. The zero-order valence-corrected chi connectivity index (χ0v) is 15.8. The number of thioether (sulfide) groups is 1. The number of nitriles is 1. The van der Waals surface area contributed by atoms with Crippen molar-refractivity contribution >= 4 is 40.7 Å². The van der Waals surface area contributed by atoms with Crippen LogP contribution < -0.4 is 5.32 Å². The Morgan fingerprint density at radius 2 is 2.04 bits per heavy atom. The number of thiophene rings is 1. The van der Waals surface area contributed by atoms with Crippen LogP contribution in [0.15, 0.2) is 29.2 Å². The van der Waals surface area contributed by atoms with Crippen molar-refractivity contribution in [3.8, 4) is 5.40 Å². The molecule has 0 saturated heterocycles. The number of ether oxygens (including phenoxy) is 1. The number of carbonyl (C=O) groups excluding carboxylic acids is 2. The van der Waals surface area contributed by atoms with Crippen LogP contribution in [0.5, 0.6) is 0 Å². The van der Waals surface area contributed by atoms with Crippen LogP contribution in [0.2, 0.25) is 0 Å². The Kier molecular flexibility index (Phi) is 6.62. The average molecular weight is 374 g/mol. The third-order valence-corrected chi connectivity index (χ3v) is 5.46.